The van der Waals surface area contributed by atoms with Crippen LogP contribution in [-0.2, 0) is 6.18 Å². The third-order valence-electron chi connectivity index (χ3n) is 1.36. The molecule has 0 amide bonds. The van der Waals surface area contributed by atoms with Crippen LogP contribution < -0.4 is 43.7 Å². The van der Waals surface area contributed by atoms with Gasteiger partial charge in [-0.1, -0.05) is 12.1 Å². The number of halogens is 5. The van der Waals surface area contributed by atoms with E-state index < -0.39 is 11.7 Å². The molecule has 0 nitrogen and oxygen atoms in total. The average Bonchev–Trinajstić information content (AvgIpc) is 2.03. The Labute approximate surface area is 133 Å². The van der Waals surface area contributed by atoms with Gasteiger partial charge in [0.1, 0.15) is 0 Å². The minimum Gasteiger partial charge on any atom is -1.00 e. The van der Waals surface area contributed by atoms with E-state index in [2.05, 4.69) is 0 Å². The molecule has 0 heterocycles. The molecule has 78 valence electrons. The van der Waals surface area contributed by atoms with E-state index in [1.165, 1.54) is 12.1 Å². The Hall–Kier alpha value is 0.514. The van der Waals surface area contributed by atoms with Gasteiger partial charge >= 0.3 is 48.1 Å². The van der Waals surface area contributed by atoms with Crippen molar-refractivity contribution in [1.29, 1.82) is 0 Å². The average molecular weight is 271 g/mol. The third kappa shape index (κ3) is 7.73. The van der Waals surface area contributed by atoms with Crippen molar-refractivity contribution >= 4 is 23.1 Å². The zero-order valence-electron chi connectivity index (χ0n) is 8.41. The van der Waals surface area contributed by atoms with Gasteiger partial charge in [0, 0.05) is 0 Å². The Morgan fingerprint density at radius 1 is 1.00 bits per heavy atom. The molecule has 1 aromatic carbocycles. The monoisotopic (exact) mass is 270 g/mol. The summed E-state index contributed by atoms with van der Waals surface area (Å²) in [4.78, 5) is 0. The summed E-state index contributed by atoms with van der Waals surface area (Å²) in [5.41, 5.74) is -0.371. The molecule has 0 saturated heterocycles. The number of benzene rings is 1. The van der Waals surface area contributed by atoms with Crippen LogP contribution in [-0.4, -0.2) is 23.1 Å². The first-order valence-corrected chi connectivity index (χ1v) is 3.14. The van der Waals surface area contributed by atoms with Crippen LogP contribution in [0.5, 0.6) is 0 Å². The zero-order chi connectivity index (χ0) is 9.19. The summed E-state index contributed by atoms with van der Waals surface area (Å²) in [6.07, 6.45) is 2.33. The minimum atomic E-state index is -4.31. The van der Waals surface area contributed by atoms with Crippen molar-refractivity contribution in [3.8, 4) is 5.92 Å². The molecule has 0 atom stereocenters. The largest absolute Gasteiger partial charge is 2.00 e. The predicted molar refractivity (Wildman–Crippen MR) is 43.4 cm³/mol. The molecule has 0 aromatic heterocycles. The maximum Gasteiger partial charge on any atom is 2.00 e. The van der Waals surface area contributed by atoms with Gasteiger partial charge in [-0.3, -0.25) is 5.92 Å². The molecule has 0 saturated carbocycles. The van der Waals surface area contributed by atoms with Crippen molar-refractivity contribution in [3.05, 3.63) is 41.8 Å². The fraction of sp³-hybridized carbons (Fsp3) is 0.111. The van der Waals surface area contributed by atoms with Crippen LogP contribution in [0.15, 0.2) is 24.3 Å². The SMILES string of the molecule is [C-]#Cc1ccc(C(F)(F)F)cc1.[Cl-].[Cl-].[Li+].[Mg+2]. The fourth-order valence-electron chi connectivity index (χ4n) is 0.743. The predicted octanol–water partition coefficient (Wildman–Crippen LogP) is -6.73. The summed E-state index contributed by atoms with van der Waals surface area (Å²) in [5.74, 6) is 1.99. The van der Waals surface area contributed by atoms with Gasteiger partial charge in [-0.2, -0.15) is 13.2 Å². The van der Waals surface area contributed by atoms with Crippen LogP contribution in [0.25, 0.3) is 0 Å². The van der Waals surface area contributed by atoms with Gasteiger partial charge in [-0.15, -0.1) is 17.7 Å². The normalized spacial score (nSPS) is 8.12. The fourth-order valence-corrected chi connectivity index (χ4v) is 0.743. The van der Waals surface area contributed by atoms with E-state index in [-0.39, 0.29) is 66.7 Å². The summed E-state index contributed by atoms with van der Waals surface area (Å²) >= 11 is 0. The van der Waals surface area contributed by atoms with Gasteiger partial charge in [0.05, 0.1) is 5.56 Å². The Morgan fingerprint density at radius 2 is 1.38 bits per heavy atom. The molecule has 0 aliphatic carbocycles. The summed E-state index contributed by atoms with van der Waals surface area (Å²) in [6, 6.07) is 4.26. The molecular formula is C9H4Cl2F3LiMg. The Kier molecular flexibility index (Phi) is 16.9. The zero-order valence-corrected chi connectivity index (χ0v) is 11.3. The van der Waals surface area contributed by atoms with Gasteiger partial charge in [0.2, 0.25) is 0 Å². The molecule has 0 aliphatic rings. The van der Waals surface area contributed by atoms with Crippen molar-refractivity contribution in [3.63, 3.8) is 0 Å². The van der Waals surface area contributed by atoms with E-state index in [0.29, 0.717) is 5.56 Å². The van der Waals surface area contributed by atoms with E-state index in [4.69, 9.17) is 6.42 Å². The van der Waals surface area contributed by atoms with Crippen molar-refractivity contribution < 1.29 is 56.8 Å². The molecule has 0 fully saturated rings. The number of hydrogen-bond acceptors (Lipinski definition) is 0. The molecule has 0 radical (unpaired) electrons. The van der Waals surface area contributed by atoms with Gasteiger partial charge in [0.25, 0.3) is 0 Å². The molecule has 0 aliphatic heterocycles. The molecule has 0 bridgehead atoms. The maximum atomic E-state index is 12.0. The summed E-state index contributed by atoms with van der Waals surface area (Å²) in [5, 5.41) is 0. The van der Waals surface area contributed by atoms with Crippen molar-refractivity contribution in [2.75, 3.05) is 0 Å². The number of rotatable bonds is 0. The molecule has 0 spiro atoms. The van der Waals surface area contributed by atoms with Gasteiger partial charge in [0.15, 0.2) is 0 Å². The van der Waals surface area contributed by atoms with Crippen LogP contribution in [0.1, 0.15) is 11.1 Å². The molecule has 1 rings (SSSR count). The Bertz CT molecular complexity index is 319. The van der Waals surface area contributed by atoms with E-state index in [1.807, 2.05) is 5.92 Å². The standard InChI is InChI=1S/C9H4F3.2ClH.Li.Mg/c1-2-7-3-5-8(6-4-7)9(10,11)12;;;;/h3-6H;2*1H;;/q-1;;;+1;+2/p-2. The van der Waals surface area contributed by atoms with Gasteiger partial charge < -0.3 is 31.2 Å². The van der Waals surface area contributed by atoms with Gasteiger partial charge in [-0.25, -0.2) is 0 Å². The smallest absolute Gasteiger partial charge is 1.00 e. The summed E-state index contributed by atoms with van der Waals surface area (Å²) < 4.78 is 35.9. The van der Waals surface area contributed by atoms with Crippen LogP contribution in [0.2, 0.25) is 0 Å². The topological polar surface area (TPSA) is 0 Å². The van der Waals surface area contributed by atoms with Gasteiger partial charge in [-0.05, 0) is 0 Å². The van der Waals surface area contributed by atoms with Crippen molar-refractivity contribution in [2.24, 2.45) is 0 Å². The second-order valence-electron chi connectivity index (χ2n) is 2.20. The minimum absolute atomic E-state index is 0. The third-order valence-corrected chi connectivity index (χ3v) is 1.36. The van der Waals surface area contributed by atoms with Crippen molar-refractivity contribution in [1.82, 2.24) is 0 Å². The van der Waals surface area contributed by atoms with Crippen LogP contribution in [0.4, 0.5) is 13.2 Å². The van der Waals surface area contributed by atoms with E-state index in [0.717, 1.165) is 12.1 Å². The first-order valence-electron chi connectivity index (χ1n) is 3.14. The molecule has 7 heteroatoms. The molecule has 0 N–H and O–H groups in total. The van der Waals surface area contributed by atoms with Crippen LogP contribution >= 0.6 is 0 Å². The van der Waals surface area contributed by atoms with E-state index >= 15 is 0 Å². The van der Waals surface area contributed by atoms with Crippen LogP contribution in [0, 0.1) is 12.3 Å². The first kappa shape index (κ1) is 25.4. The number of alkyl halides is 3. The molecular weight excluding hydrogens is 267 g/mol. The van der Waals surface area contributed by atoms with Crippen molar-refractivity contribution in [2.45, 2.75) is 6.18 Å². The second-order valence-corrected chi connectivity index (χ2v) is 2.20. The van der Waals surface area contributed by atoms with Crippen LogP contribution in [0.3, 0.4) is 0 Å². The quantitative estimate of drug-likeness (QED) is 0.250. The second kappa shape index (κ2) is 10.7. The maximum absolute atomic E-state index is 12.0. The Balaban J connectivity index is -0.000000180. The molecule has 16 heavy (non-hydrogen) atoms. The number of hydrogen-bond donors (Lipinski definition) is 0. The summed E-state index contributed by atoms with van der Waals surface area (Å²) in [7, 11) is 0. The van der Waals surface area contributed by atoms with E-state index in [9.17, 15) is 13.2 Å². The summed E-state index contributed by atoms with van der Waals surface area (Å²) in [6.45, 7) is 0. The molecule has 0 unspecified atom stereocenters. The molecule has 1 aromatic rings. The Morgan fingerprint density at radius 3 is 1.62 bits per heavy atom. The van der Waals surface area contributed by atoms with E-state index in [1.54, 1.807) is 0 Å². The first-order chi connectivity index (χ1) is 5.54.